The highest BCUT2D eigenvalue weighted by Gasteiger charge is 2.30. The molecule has 168 valence electrons. The van der Waals surface area contributed by atoms with Gasteiger partial charge in [0.25, 0.3) is 5.91 Å². The van der Waals surface area contributed by atoms with Crippen LogP contribution in [0.3, 0.4) is 0 Å². The van der Waals surface area contributed by atoms with E-state index in [1.54, 1.807) is 4.90 Å². The first-order valence-electron chi connectivity index (χ1n) is 11.0. The molecule has 0 aromatic heterocycles. The summed E-state index contributed by atoms with van der Waals surface area (Å²) in [6.45, 7) is 12.1. The number of ether oxygens (including phenoxy) is 1. The molecule has 1 atom stereocenters. The average Bonchev–Trinajstić information content (AvgIpc) is 2.68. The van der Waals surface area contributed by atoms with Gasteiger partial charge in [-0.05, 0) is 76.3 Å². The number of amides is 2. The number of carbonyl (C=O) groups excluding carboxylic acids is 2. The van der Waals surface area contributed by atoms with Crippen LogP contribution in [-0.2, 0) is 16.0 Å². The number of hydrogen-bond donors (Lipinski definition) is 1. The molecule has 0 spiro atoms. The number of carbonyl (C=O) groups is 2. The van der Waals surface area contributed by atoms with Gasteiger partial charge < -0.3 is 15.0 Å². The van der Waals surface area contributed by atoms with Gasteiger partial charge in [0.05, 0.1) is 0 Å². The fourth-order valence-corrected chi connectivity index (χ4v) is 3.59. The van der Waals surface area contributed by atoms with Gasteiger partial charge in [-0.3, -0.25) is 9.59 Å². The minimum Gasteiger partial charge on any atom is -0.484 e. The second-order valence-electron chi connectivity index (χ2n) is 9.10. The van der Waals surface area contributed by atoms with Crippen molar-refractivity contribution in [1.82, 2.24) is 10.2 Å². The van der Waals surface area contributed by atoms with Crippen molar-refractivity contribution in [3.05, 3.63) is 65.2 Å². The Morgan fingerprint density at radius 2 is 1.65 bits per heavy atom. The molecule has 0 heterocycles. The molecule has 0 aliphatic carbocycles. The third-order valence-electron chi connectivity index (χ3n) is 4.93. The van der Waals surface area contributed by atoms with Gasteiger partial charge in [-0.1, -0.05) is 43.3 Å². The van der Waals surface area contributed by atoms with Crippen LogP contribution in [0.25, 0.3) is 0 Å². The molecule has 0 aliphatic heterocycles. The van der Waals surface area contributed by atoms with Crippen LogP contribution in [0.5, 0.6) is 5.75 Å². The van der Waals surface area contributed by atoms with Gasteiger partial charge in [-0.2, -0.15) is 0 Å². The lowest BCUT2D eigenvalue weighted by atomic mass is 10.1. The van der Waals surface area contributed by atoms with Crippen molar-refractivity contribution in [3.63, 3.8) is 0 Å². The molecular formula is C26H36N2O3. The summed E-state index contributed by atoms with van der Waals surface area (Å²) in [6.07, 6.45) is 1.21. The first-order valence-corrected chi connectivity index (χ1v) is 11.0. The highest BCUT2D eigenvalue weighted by Crippen LogP contribution is 2.17. The molecule has 0 aliphatic rings. The molecule has 0 saturated heterocycles. The number of nitrogens with zero attached hydrogens (tertiary/aromatic N) is 1. The summed E-state index contributed by atoms with van der Waals surface area (Å²) in [5, 5.41) is 3.02. The predicted molar refractivity (Wildman–Crippen MR) is 125 cm³/mol. The fourth-order valence-electron chi connectivity index (χ4n) is 3.59. The second-order valence-corrected chi connectivity index (χ2v) is 9.10. The van der Waals surface area contributed by atoms with Gasteiger partial charge >= 0.3 is 0 Å². The molecule has 31 heavy (non-hydrogen) atoms. The van der Waals surface area contributed by atoms with Crippen LogP contribution >= 0.6 is 0 Å². The Hall–Kier alpha value is -2.82. The average molecular weight is 425 g/mol. The van der Waals surface area contributed by atoms with Gasteiger partial charge in [0.2, 0.25) is 5.91 Å². The number of aryl methyl sites for hydroxylation is 2. The summed E-state index contributed by atoms with van der Waals surface area (Å²) in [5.41, 5.74) is 2.93. The Balaban J connectivity index is 2.17. The van der Waals surface area contributed by atoms with Crippen molar-refractivity contribution < 1.29 is 14.3 Å². The lowest BCUT2D eigenvalue weighted by molar-refractivity contribution is -0.142. The van der Waals surface area contributed by atoms with Crippen molar-refractivity contribution in [2.24, 2.45) is 0 Å². The Bertz CT molecular complexity index is 852. The van der Waals surface area contributed by atoms with Crippen molar-refractivity contribution in [3.8, 4) is 5.75 Å². The maximum absolute atomic E-state index is 13.2. The lowest BCUT2D eigenvalue weighted by Crippen LogP contribution is -2.54. The van der Waals surface area contributed by atoms with Gasteiger partial charge in [-0.25, -0.2) is 0 Å². The van der Waals surface area contributed by atoms with Crippen LogP contribution in [0.4, 0.5) is 0 Å². The minimum absolute atomic E-state index is 0.100. The molecule has 1 N–H and O–H groups in total. The van der Waals surface area contributed by atoms with Gasteiger partial charge in [0.1, 0.15) is 11.8 Å². The number of rotatable bonds is 9. The first kappa shape index (κ1) is 24.4. The molecule has 2 rings (SSSR count). The highest BCUT2D eigenvalue weighted by atomic mass is 16.5. The first-order chi connectivity index (χ1) is 14.6. The summed E-state index contributed by atoms with van der Waals surface area (Å²) in [5.74, 6) is 0.342. The maximum atomic E-state index is 13.2. The number of benzene rings is 2. The molecule has 2 amide bonds. The quantitative estimate of drug-likeness (QED) is 0.647. The van der Waals surface area contributed by atoms with E-state index in [-0.39, 0.29) is 24.0 Å². The molecular weight excluding hydrogens is 388 g/mol. The van der Waals surface area contributed by atoms with Crippen molar-refractivity contribution in [2.75, 3.05) is 13.2 Å². The zero-order valence-corrected chi connectivity index (χ0v) is 19.7. The largest absolute Gasteiger partial charge is 0.484 e. The van der Waals surface area contributed by atoms with Crippen LogP contribution in [0, 0.1) is 13.8 Å². The fraction of sp³-hybridized carbons (Fsp3) is 0.462. The topological polar surface area (TPSA) is 58.6 Å². The standard InChI is InChI=1S/C26H36N2O3/c1-7-23(25(30)27-26(4,5)6)28(14-13-21-11-9-8-10-12-21)24(29)18-31-22-16-19(2)15-20(3)17-22/h8-12,15-17,23H,7,13-14,18H2,1-6H3,(H,27,30)/t23-/m0/s1. The Morgan fingerprint density at radius 1 is 1.03 bits per heavy atom. The summed E-state index contributed by atoms with van der Waals surface area (Å²) >= 11 is 0. The van der Waals surface area contributed by atoms with E-state index in [9.17, 15) is 9.59 Å². The van der Waals surface area contributed by atoms with E-state index in [2.05, 4.69) is 11.4 Å². The Morgan fingerprint density at radius 3 is 2.19 bits per heavy atom. The SMILES string of the molecule is CC[C@@H](C(=O)NC(C)(C)C)N(CCc1ccccc1)C(=O)COc1cc(C)cc(C)c1. The van der Waals surface area contributed by atoms with Crippen molar-refractivity contribution in [1.29, 1.82) is 0 Å². The molecule has 2 aromatic carbocycles. The Labute approximate surface area is 186 Å². The van der Waals surface area contributed by atoms with Crippen LogP contribution in [0.2, 0.25) is 0 Å². The van der Waals surface area contributed by atoms with Gasteiger partial charge in [0.15, 0.2) is 6.61 Å². The van der Waals surface area contributed by atoms with Crippen LogP contribution in [0.15, 0.2) is 48.5 Å². The minimum atomic E-state index is -0.543. The molecule has 0 unspecified atom stereocenters. The van der Waals surface area contributed by atoms with E-state index in [1.165, 1.54) is 0 Å². The van der Waals surface area contributed by atoms with E-state index in [0.29, 0.717) is 25.1 Å². The smallest absolute Gasteiger partial charge is 0.261 e. The van der Waals surface area contributed by atoms with Gasteiger partial charge in [0, 0.05) is 12.1 Å². The third kappa shape index (κ3) is 8.08. The van der Waals surface area contributed by atoms with Crippen LogP contribution < -0.4 is 10.1 Å². The monoisotopic (exact) mass is 424 g/mol. The van der Waals surface area contributed by atoms with E-state index < -0.39 is 6.04 Å². The van der Waals surface area contributed by atoms with E-state index in [4.69, 9.17) is 4.74 Å². The molecule has 0 radical (unpaired) electrons. The molecule has 0 saturated carbocycles. The molecule has 0 bridgehead atoms. The van der Waals surface area contributed by atoms with Crippen molar-refractivity contribution in [2.45, 2.75) is 66.0 Å². The highest BCUT2D eigenvalue weighted by molar-refractivity contribution is 5.88. The number of nitrogens with one attached hydrogen (secondary N) is 1. The summed E-state index contributed by atoms with van der Waals surface area (Å²) in [7, 11) is 0. The normalized spacial score (nSPS) is 12.2. The second kappa shape index (κ2) is 11.0. The summed E-state index contributed by atoms with van der Waals surface area (Å²) in [4.78, 5) is 27.8. The maximum Gasteiger partial charge on any atom is 0.261 e. The zero-order valence-electron chi connectivity index (χ0n) is 19.7. The summed E-state index contributed by atoms with van der Waals surface area (Å²) in [6, 6.07) is 15.3. The van der Waals surface area contributed by atoms with Crippen molar-refractivity contribution >= 4 is 11.8 Å². The van der Waals surface area contributed by atoms with Crippen LogP contribution in [-0.4, -0.2) is 41.4 Å². The molecule has 2 aromatic rings. The lowest BCUT2D eigenvalue weighted by Gasteiger charge is -2.33. The number of hydrogen-bond acceptors (Lipinski definition) is 3. The summed E-state index contributed by atoms with van der Waals surface area (Å²) < 4.78 is 5.81. The van der Waals surface area contributed by atoms with E-state index in [1.807, 2.05) is 84.0 Å². The zero-order chi connectivity index (χ0) is 23.0. The molecule has 5 nitrogen and oxygen atoms in total. The van der Waals surface area contributed by atoms with E-state index >= 15 is 0 Å². The van der Waals surface area contributed by atoms with Gasteiger partial charge in [-0.15, -0.1) is 0 Å². The molecule has 0 fully saturated rings. The van der Waals surface area contributed by atoms with E-state index in [0.717, 1.165) is 16.7 Å². The molecule has 5 heteroatoms. The predicted octanol–water partition coefficient (Wildman–Crippen LogP) is 4.45. The Kier molecular flexibility index (Phi) is 8.66. The van der Waals surface area contributed by atoms with Crippen LogP contribution in [0.1, 0.15) is 50.8 Å². The third-order valence-corrected chi connectivity index (χ3v) is 4.93.